The molecule has 4 rings (SSSR count). The average Bonchev–Trinajstić information content (AvgIpc) is 3.25. The van der Waals surface area contributed by atoms with Crippen LogP contribution in [0.15, 0.2) is 66.2 Å². The van der Waals surface area contributed by atoms with Gasteiger partial charge in [-0.15, -0.1) is 0 Å². The lowest BCUT2D eigenvalue weighted by Gasteiger charge is -2.16. The van der Waals surface area contributed by atoms with Crippen LogP contribution in [0.4, 0.5) is 4.39 Å². The summed E-state index contributed by atoms with van der Waals surface area (Å²) in [6, 6.07) is 17.9. The lowest BCUT2D eigenvalue weighted by atomic mass is 10.00. The van der Waals surface area contributed by atoms with Crippen molar-refractivity contribution in [3.05, 3.63) is 94.3 Å². The first kappa shape index (κ1) is 32.3. The zero-order chi connectivity index (χ0) is 31.6. The fraction of sp³-hybridized carbons (Fsp3) is 0.314. The maximum Gasteiger partial charge on any atom is 0.309 e. The Morgan fingerprint density at radius 2 is 1.64 bits per heavy atom. The molecule has 0 spiro atoms. The van der Waals surface area contributed by atoms with Gasteiger partial charge >= 0.3 is 5.97 Å². The molecule has 0 bridgehead atoms. The number of carbonyl (C=O) groups excluding carboxylic acids is 2. The highest BCUT2D eigenvalue weighted by atomic mass is 19.1. The van der Waals surface area contributed by atoms with Crippen molar-refractivity contribution < 1.29 is 32.9 Å². The minimum Gasteiger partial charge on any atom is -0.493 e. The van der Waals surface area contributed by atoms with Crippen LogP contribution in [0.3, 0.4) is 0 Å². The maximum absolute atomic E-state index is 14.4. The lowest BCUT2D eigenvalue weighted by Crippen LogP contribution is -2.22. The van der Waals surface area contributed by atoms with Gasteiger partial charge in [0.25, 0.3) is 0 Å². The minimum absolute atomic E-state index is 0.0740. The van der Waals surface area contributed by atoms with Crippen LogP contribution in [0.2, 0.25) is 0 Å². The van der Waals surface area contributed by atoms with Crippen LogP contribution >= 0.6 is 0 Å². The second kappa shape index (κ2) is 15.2. The first-order valence-electron chi connectivity index (χ1n) is 14.4. The minimum atomic E-state index is -0.369. The van der Waals surface area contributed by atoms with Crippen molar-refractivity contribution in [3.8, 4) is 17.2 Å². The number of esters is 1. The highest BCUT2D eigenvalue weighted by Crippen LogP contribution is 2.45. The SMILES string of the molecule is COc1cc(/C=C2/C(C)=C(CC(=O)NCc3ccccc3)c3cc(F)ccc32)cc(OC)c1OCCC(=O)OCCN(C)C. The number of amides is 1. The highest BCUT2D eigenvalue weighted by Gasteiger charge is 2.26. The first-order chi connectivity index (χ1) is 21.2. The molecule has 232 valence electrons. The van der Waals surface area contributed by atoms with Gasteiger partial charge in [-0.1, -0.05) is 36.4 Å². The van der Waals surface area contributed by atoms with Gasteiger partial charge in [-0.3, -0.25) is 9.59 Å². The Kier molecular flexibility index (Phi) is 11.2. The summed E-state index contributed by atoms with van der Waals surface area (Å²) < 4.78 is 36.8. The van der Waals surface area contributed by atoms with E-state index in [9.17, 15) is 14.0 Å². The summed E-state index contributed by atoms with van der Waals surface area (Å²) in [5.41, 5.74) is 5.80. The number of benzene rings is 3. The number of ether oxygens (including phenoxy) is 4. The predicted octanol–water partition coefficient (Wildman–Crippen LogP) is 5.75. The fourth-order valence-electron chi connectivity index (χ4n) is 4.94. The Balaban J connectivity index is 1.55. The molecule has 0 heterocycles. The van der Waals surface area contributed by atoms with E-state index < -0.39 is 0 Å². The normalized spacial score (nSPS) is 13.2. The van der Waals surface area contributed by atoms with Crippen LogP contribution in [0, 0.1) is 5.82 Å². The fourth-order valence-corrected chi connectivity index (χ4v) is 4.94. The molecule has 0 saturated heterocycles. The second-order valence-corrected chi connectivity index (χ2v) is 10.7. The largest absolute Gasteiger partial charge is 0.493 e. The van der Waals surface area contributed by atoms with Gasteiger partial charge in [0.05, 0.1) is 33.7 Å². The van der Waals surface area contributed by atoms with E-state index >= 15 is 0 Å². The molecule has 3 aromatic rings. The van der Waals surface area contributed by atoms with Crippen LogP contribution in [0.1, 0.15) is 42.0 Å². The van der Waals surface area contributed by atoms with E-state index in [-0.39, 0.29) is 37.1 Å². The summed E-state index contributed by atoms with van der Waals surface area (Å²) in [6.07, 6.45) is 2.14. The molecule has 0 fully saturated rings. The molecule has 1 N–H and O–H groups in total. The van der Waals surface area contributed by atoms with E-state index in [4.69, 9.17) is 18.9 Å². The molecule has 0 saturated carbocycles. The monoisotopic (exact) mass is 602 g/mol. The maximum atomic E-state index is 14.4. The van der Waals surface area contributed by atoms with Crippen molar-refractivity contribution in [1.82, 2.24) is 10.2 Å². The molecule has 0 unspecified atom stereocenters. The summed E-state index contributed by atoms with van der Waals surface area (Å²) in [6.45, 7) is 3.39. The Morgan fingerprint density at radius 3 is 2.30 bits per heavy atom. The Labute approximate surface area is 258 Å². The molecule has 0 aliphatic heterocycles. The topological polar surface area (TPSA) is 86.3 Å². The average molecular weight is 603 g/mol. The third kappa shape index (κ3) is 8.26. The molecule has 1 aliphatic rings. The van der Waals surface area contributed by atoms with Gasteiger partial charge < -0.3 is 29.2 Å². The quantitative estimate of drug-likeness (QED) is 0.235. The third-order valence-electron chi connectivity index (χ3n) is 7.27. The van der Waals surface area contributed by atoms with Crippen molar-refractivity contribution in [2.24, 2.45) is 0 Å². The molecule has 1 amide bonds. The number of likely N-dealkylation sites (N-methyl/N-ethyl adjacent to an activating group) is 1. The number of hydrogen-bond acceptors (Lipinski definition) is 7. The van der Waals surface area contributed by atoms with Crippen molar-refractivity contribution in [2.75, 3.05) is 48.1 Å². The molecule has 0 aromatic heterocycles. The van der Waals surface area contributed by atoms with E-state index in [0.717, 1.165) is 33.4 Å². The van der Waals surface area contributed by atoms with Crippen LogP contribution in [0.5, 0.6) is 17.2 Å². The van der Waals surface area contributed by atoms with Gasteiger partial charge in [0, 0.05) is 13.1 Å². The smallest absolute Gasteiger partial charge is 0.309 e. The lowest BCUT2D eigenvalue weighted by molar-refractivity contribution is -0.144. The van der Waals surface area contributed by atoms with E-state index in [1.165, 1.54) is 26.4 Å². The third-order valence-corrected chi connectivity index (χ3v) is 7.27. The number of methoxy groups -OCH3 is 2. The standard InChI is InChI=1S/C35H39FN2O6/c1-23-28(27-12-11-26(36)20-30(27)29(23)21-33(39)37-22-24-9-7-6-8-10-24)17-25-18-31(41-4)35(32(19-25)42-5)44-15-13-34(40)43-16-14-38(2)3/h6-12,17-20H,13-16,21-22H2,1-5H3,(H,37,39)/b28-17-. The molecule has 0 radical (unpaired) electrons. The molecule has 9 heteroatoms. The summed E-state index contributed by atoms with van der Waals surface area (Å²) in [7, 11) is 6.87. The summed E-state index contributed by atoms with van der Waals surface area (Å²) in [4.78, 5) is 27.0. The second-order valence-electron chi connectivity index (χ2n) is 10.7. The number of carbonyl (C=O) groups is 2. The number of nitrogens with one attached hydrogen (secondary N) is 1. The van der Waals surface area contributed by atoms with E-state index in [1.807, 2.05) is 62.3 Å². The van der Waals surface area contributed by atoms with Crippen molar-refractivity contribution in [1.29, 1.82) is 0 Å². The first-order valence-corrected chi connectivity index (χ1v) is 14.4. The summed E-state index contributed by atoms with van der Waals surface area (Å²) in [5.74, 6) is 0.357. The van der Waals surface area contributed by atoms with Crippen LogP contribution in [-0.4, -0.2) is 64.8 Å². The van der Waals surface area contributed by atoms with Crippen molar-refractivity contribution in [3.63, 3.8) is 0 Å². The molecule has 0 atom stereocenters. The molecule has 8 nitrogen and oxygen atoms in total. The van der Waals surface area contributed by atoms with Crippen LogP contribution in [-0.2, 0) is 20.9 Å². The zero-order valence-corrected chi connectivity index (χ0v) is 25.9. The number of allylic oxidation sites excluding steroid dienone is 2. The molecular weight excluding hydrogens is 563 g/mol. The Morgan fingerprint density at radius 1 is 0.932 bits per heavy atom. The van der Waals surface area contributed by atoms with E-state index in [1.54, 1.807) is 18.2 Å². The van der Waals surface area contributed by atoms with Crippen molar-refractivity contribution in [2.45, 2.75) is 26.3 Å². The van der Waals surface area contributed by atoms with Gasteiger partial charge in [0.2, 0.25) is 11.7 Å². The number of nitrogens with zero attached hydrogens (tertiary/aromatic N) is 1. The molecule has 44 heavy (non-hydrogen) atoms. The number of fused-ring (bicyclic) bond motifs is 1. The molecular formula is C35H39FN2O6. The van der Waals surface area contributed by atoms with E-state index in [0.29, 0.717) is 42.5 Å². The Bertz CT molecular complexity index is 1520. The van der Waals surface area contributed by atoms with Crippen molar-refractivity contribution >= 4 is 29.1 Å². The number of rotatable bonds is 14. The van der Waals surface area contributed by atoms with Gasteiger partial charge in [-0.25, -0.2) is 4.39 Å². The van der Waals surface area contributed by atoms with E-state index in [2.05, 4.69) is 5.32 Å². The van der Waals surface area contributed by atoms with Gasteiger partial charge in [-0.05, 0) is 90.3 Å². The van der Waals surface area contributed by atoms with Gasteiger partial charge in [0.1, 0.15) is 12.4 Å². The molecule has 3 aromatic carbocycles. The summed E-state index contributed by atoms with van der Waals surface area (Å²) in [5, 5.41) is 2.97. The zero-order valence-electron chi connectivity index (χ0n) is 25.9. The number of hydrogen-bond donors (Lipinski definition) is 1. The van der Waals surface area contributed by atoms with Crippen LogP contribution < -0.4 is 19.5 Å². The van der Waals surface area contributed by atoms with Crippen LogP contribution in [0.25, 0.3) is 17.2 Å². The highest BCUT2D eigenvalue weighted by molar-refractivity contribution is 6.08. The summed E-state index contributed by atoms with van der Waals surface area (Å²) >= 11 is 0. The van der Waals surface area contributed by atoms with Gasteiger partial charge in [0.15, 0.2) is 11.5 Å². The predicted molar refractivity (Wildman–Crippen MR) is 169 cm³/mol. The molecule has 1 aliphatic carbocycles. The van der Waals surface area contributed by atoms with Gasteiger partial charge in [-0.2, -0.15) is 0 Å². The number of halogens is 1. The Hall–Kier alpha value is -4.63.